The Morgan fingerprint density at radius 2 is 1.84 bits per heavy atom. The fraction of sp³-hybridized carbons (Fsp3) is 0.407. The zero-order valence-corrected chi connectivity index (χ0v) is 20.7. The lowest BCUT2D eigenvalue weighted by atomic mass is 9.83. The standard InChI is InChI=1S/C27H32N2O9/c1-15(7-4-5-12-30)27(37)18-10-2-3-11-19(18)29(26(27)36)14-16-8-6-9-17(13-16)28-24(34)23-21(32)20(31)22(33)25(35)38-23/h2-4,6-11,13,15,20-23,25,30-33,35,37H,5,12,14H2,1H3,(H,28,34)/b7-4+/t15-,20+,21+,22-,23+,25-,27+/m1/s1. The molecule has 2 heterocycles. The van der Waals surface area contributed by atoms with Crippen molar-refractivity contribution in [3.8, 4) is 0 Å². The van der Waals surface area contributed by atoms with Crippen molar-refractivity contribution in [3.63, 3.8) is 0 Å². The van der Waals surface area contributed by atoms with Crippen LogP contribution >= 0.6 is 0 Å². The molecule has 4 rings (SSSR count). The molecule has 0 radical (unpaired) electrons. The van der Waals surface area contributed by atoms with Gasteiger partial charge in [-0.3, -0.25) is 9.59 Å². The number of anilines is 2. The molecule has 2 aromatic carbocycles. The van der Waals surface area contributed by atoms with Crippen LogP contribution in [-0.2, 0) is 26.5 Å². The number of nitrogens with zero attached hydrogens (tertiary/aromatic N) is 1. The van der Waals surface area contributed by atoms with Gasteiger partial charge in [-0.1, -0.05) is 49.4 Å². The van der Waals surface area contributed by atoms with Gasteiger partial charge >= 0.3 is 0 Å². The number of fused-ring (bicyclic) bond motifs is 1. The van der Waals surface area contributed by atoms with E-state index >= 15 is 0 Å². The molecule has 0 saturated carbocycles. The third kappa shape index (κ3) is 5.09. The average molecular weight is 529 g/mol. The number of amides is 2. The largest absolute Gasteiger partial charge is 0.396 e. The molecular weight excluding hydrogens is 496 g/mol. The van der Waals surface area contributed by atoms with Gasteiger partial charge in [-0.25, -0.2) is 0 Å². The molecule has 1 saturated heterocycles. The Labute approximate surface area is 219 Å². The van der Waals surface area contributed by atoms with E-state index in [1.165, 1.54) is 4.90 Å². The van der Waals surface area contributed by atoms with Gasteiger partial charge in [0.25, 0.3) is 11.8 Å². The summed E-state index contributed by atoms with van der Waals surface area (Å²) >= 11 is 0. The summed E-state index contributed by atoms with van der Waals surface area (Å²) < 4.78 is 4.97. The van der Waals surface area contributed by atoms with Crippen LogP contribution in [0, 0.1) is 5.92 Å². The first-order valence-electron chi connectivity index (χ1n) is 12.3. The molecule has 0 aliphatic carbocycles. The van der Waals surface area contributed by atoms with Crippen LogP contribution in [0.4, 0.5) is 11.4 Å². The Balaban J connectivity index is 1.53. The van der Waals surface area contributed by atoms with Gasteiger partial charge in [0.2, 0.25) is 0 Å². The zero-order chi connectivity index (χ0) is 27.6. The zero-order valence-electron chi connectivity index (χ0n) is 20.7. The normalized spacial score (nSPS) is 29.9. The van der Waals surface area contributed by atoms with E-state index in [9.17, 15) is 35.1 Å². The van der Waals surface area contributed by atoms with Crippen LogP contribution in [0.2, 0.25) is 0 Å². The Morgan fingerprint density at radius 3 is 2.58 bits per heavy atom. The second kappa shape index (κ2) is 11.3. The van der Waals surface area contributed by atoms with E-state index in [0.717, 1.165) is 0 Å². The van der Waals surface area contributed by atoms with Gasteiger partial charge in [-0.2, -0.15) is 0 Å². The smallest absolute Gasteiger partial charge is 0.264 e. The number of hydrogen-bond donors (Lipinski definition) is 7. The molecule has 7 N–H and O–H groups in total. The van der Waals surface area contributed by atoms with Crippen molar-refractivity contribution in [3.05, 3.63) is 71.8 Å². The minimum absolute atomic E-state index is 0.0415. The number of hydrogen-bond acceptors (Lipinski definition) is 9. The fourth-order valence-electron chi connectivity index (χ4n) is 4.79. The molecule has 2 aromatic rings. The Bertz CT molecular complexity index is 1200. The number of nitrogens with one attached hydrogen (secondary N) is 1. The molecule has 11 heteroatoms. The van der Waals surface area contributed by atoms with Crippen LogP contribution in [0.25, 0.3) is 0 Å². The molecule has 0 spiro atoms. The molecule has 2 aliphatic heterocycles. The van der Waals surface area contributed by atoms with Gasteiger partial charge in [0.15, 0.2) is 18.0 Å². The van der Waals surface area contributed by atoms with Crippen molar-refractivity contribution < 1.29 is 45.0 Å². The molecule has 2 aliphatic rings. The summed E-state index contributed by atoms with van der Waals surface area (Å²) in [5.41, 5.74) is 0.151. The number of carbonyl (C=O) groups is 2. The van der Waals surface area contributed by atoms with Gasteiger partial charge in [-0.15, -0.1) is 0 Å². The van der Waals surface area contributed by atoms with Crippen molar-refractivity contribution in [2.45, 2.75) is 56.2 Å². The molecule has 0 unspecified atom stereocenters. The van der Waals surface area contributed by atoms with E-state index in [4.69, 9.17) is 9.84 Å². The Kier molecular flexibility index (Phi) is 8.28. The van der Waals surface area contributed by atoms with E-state index in [1.807, 2.05) is 0 Å². The van der Waals surface area contributed by atoms with E-state index in [1.54, 1.807) is 67.6 Å². The summed E-state index contributed by atoms with van der Waals surface area (Å²) in [6, 6.07) is 13.5. The monoisotopic (exact) mass is 528 g/mol. The summed E-state index contributed by atoms with van der Waals surface area (Å²) in [7, 11) is 0. The highest BCUT2D eigenvalue weighted by atomic mass is 16.6. The lowest BCUT2D eigenvalue weighted by Gasteiger charge is -2.37. The predicted molar refractivity (Wildman–Crippen MR) is 136 cm³/mol. The van der Waals surface area contributed by atoms with Crippen molar-refractivity contribution in [1.82, 2.24) is 0 Å². The first-order valence-corrected chi connectivity index (χ1v) is 12.3. The first kappa shape index (κ1) is 27.9. The van der Waals surface area contributed by atoms with E-state index in [-0.39, 0.29) is 13.2 Å². The van der Waals surface area contributed by atoms with Gasteiger partial charge in [0, 0.05) is 23.8 Å². The maximum atomic E-state index is 13.6. The van der Waals surface area contributed by atoms with E-state index in [0.29, 0.717) is 28.9 Å². The third-order valence-electron chi connectivity index (χ3n) is 6.94. The highest BCUT2D eigenvalue weighted by molar-refractivity contribution is 6.07. The molecule has 7 atom stereocenters. The first-order chi connectivity index (χ1) is 18.1. The predicted octanol–water partition coefficient (Wildman–Crippen LogP) is -0.266. The molecule has 38 heavy (non-hydrogen) atoms. The number of rotatable bonds is 8. The van der Waals surface area contributed by atoms with Crippen LogP contribution in [0.1, 0.15) is 24.5 Å². The number of carbonyl (C=O) groups excluding carboxylic acids is 2. The number of aliphatic hydroxyl groups excluding tert-OH is 5. The van der Waals surface area contributed by atoms with Crippen molar-refractivity contribution in [2.24, 2.45) is 5.92 Å². The highest BCUT2D eigenvalue weighted by Crippen LogP contribution is 2.45. The Morgan fingerprint density at radius 1 is 1.11 bits per heavy atom. The summed E-state index contributed by atoms with van der Waals surface area (Å²) in [6.07, 6.45) is -4.95. The highest BCUT2D eigenvalue weighted by Gasteiger charge is 2.52. The average Bonchev–Trinajstić information content (AvgIpc) is 3.12. The second-order valence-electron chi connectivity index (χ2n) is 9.51. The van der Waals surface area contributed by atoms with Gasteiger partial charge in [0.05, 0.1) is 12.2 Å². The maximum Gasteiger partial charge on any atom is 0.264 e. The quantitative estimate of drug-likeness (QED) is 0.227. The third-order valence-corrected chi connectivity index (χ3v) is 6.94. The SMILES string of the molecule is C[C@H](/C=C/CCO)[C@@]1(O)C(=O)N(Cc2cccc(NC(=O)[C@H]3O[C@@H](O)[C@H](O)[C@@H](O)[C@@H]3O)c2)c2ccccc21. The summed E-state index contributed by atoms with van der Waals surface area (Å²) in [6.45, 7) is 1.78. The molecule has 1 fully saturated rings. The van der Waals surface area contributed by atoms with E-state index in [2.05, 4.69) is 5.32 Å². The minimum Gasteiger partial charge on any atom is -0.396 e. The maximum absolute atomic E-state index is 13.6. The minimum atomic E-state index is -1.85. The fourth-order valence-corrected chi connectivity index (χ4v) is 4.79. The number of benzene rings is 2. The lowest BCUT2D eigenvalue weighted by molar-refractivity contribution is -0.274. The summed E-state index contributed by atoms with van der Waals surface area (Å²) in [5.74, 6) is -1.92. The van der Waals surface area contributed by atoms with Crippen LogP contribution in [0.5, 0.6) is 0 Å². The van der Waals surface area contributed by atoms with Crippen LogP contribution in [0.15, 0.2) is 60.7 Å². The van der Waals surface area contributed by atoms with Crippen molar-refractivity contribution in [1.29, 1.82) is 0 Å². The van der Waals surface area contributed by atoms with Crippen LogP contribution in [-0.4, -0.2) is 79.8 Å². The number of ether oxygens (including phenoxy) is 1. The van der Waals surface area contributed by atoms with Crippen molar-refractivity contribution >= 4 is 23.2 Å². The number of aliphatic hydroxyl groups is 6. The summed E-state index contributed by atoms with van der Waals surface area (Å²) in [4.78, 5) is 27.7. The van der Waals surface area contributed by atoms with Gasteiger partial charge < -0.3 is 45.6 Å². The van der Waals surface area contributed by atoms with Crippen LogP contribution < -0.4 is 10.2 Å². The summed E-state index contributed by atoms with van der Waals surface area (Å²) in [5, 5.41) is 62.5. The molecule has 204 valence electrons. The molecular formula is C27H32N2O9. The van der Waals surface area contributed by atoms with Crippen LogP contribution in [0.3, 0.4) is 0 Å². The molecule has 0 bridgehead atoms. The molecule has 0 aromatic heterocycles. The van der Waals surface area contributed by atoms with Gasteiger partial charge in [-0.05, 0) is 30.2 Å². The van der Waals surface area contributed by atoms with Crippen molar-refractivity contribution in [2.75, 3.05) is 16.8 Å². The molecule has 2 amide bonds. The number of para-hydroxylation sites is 1. The second-order valence-corrected chi connectivity index (χ2v) is 9.51. The Hall–Kier alpha value is -3.16. The van der Waals surface area contributed by atoms with E-state index < -0.39 is 54.0 Å². The molecule has 11 nitrogen and oxygen atoms in total. The lowest BCUT2D eigenvalue weighted by Crippen LogP contribution is -2.60. The van der Waals surface area contributed by atoms with Gasteiger partial charge in [0.1, 0.15) is 18.3 Å². The topological polar surface area (TPSA) is 180 Å².